The summed E-state index contributed by atoms with van der Waals surface area (Å²) in [5.41, 5.74) is 6.13. The van der Waals surface area contributed by atoms with Crippen molar-refractivity contribution in [3.63, 3.8) is 0 Å². The molecule has 14 heteroatoms. The lowest BCUT2D eigenvalue weighted by atomic mass is 10.0. The van der Waals surface area contributed by atoms with Gasteiger partial charge in [-0.15, -0.1) is 0 Å². The largest absolute Gasteiger partial charge is 0.436 e. The summed E-state index contributed by atoms with van der Waals surface area (Å²) in [7, 11) is -1.65. The summed E-state index contributed by atoms with van der Waals surface area (Å²) in [6, 6.07) is 9.46. The van der Waals surface area contributed by atoms with Crippen LogP contribution in [0.25, 0.3) is 11.0 Å². The maximum absolute atomic E-state index is 11.8. The molecule has 11 nitrogen and oxygen atoms in total. The monoisotopic (exact) mass is 621 g/mol. The van der Waals surface area contributed by atoms with Gasteiger partial charge in [-0.2, -0.15) is 14.8 Å². The van der Waals surface area contributed by atoms with Crippen LogP contribution >= 0.6 is 32.1 Å². The molecule has 2 aromatic heterocycles. The first-order chi connectivity index (χ1) is 19.7. The van der Waals surface area contributed by atoms with E-state index in [9.17, 15) is 4.79 Å². The van der Waals surface area contributed by atoms with Gasteiger partial charge in [0.2, 0.25) is 5.95 Å². The second kappa shape index (κ2) is 13.0. The van der Waals surface area contributed by atoms with Gasteiger partial charge in [-0.1, -0.05) is 37.4 Å². The Kier molecular flexibility index (Phi) is 9.60. The van der Waals surface area contributed by atoms with Crippen molar-refractivity contribution in [1.29, 1.82) is 0 Å². The van der Waals surface area contributed by atoms with Gasteiger partial charge in [-0.25, -0.2) is 5.09 Å². The first kappa shape index (κ1) is 30.3. The second-order valence-corrected chi connectivity index (χ2v) is 12.9. The van der Waals surface area contributed by atoms with Crippen molar-refractivity contribution >= 4 is 61.2 Å². The van der Waals surface area contributed by atoms with E-state index in [0.29, 0.717) is 29.8 Å². The minimum atomic E-state index is -1.65. The topological polar surface area (TPSA) is 129 Å². The molecule has 4 N–H and O–H groups in total. The predicted molar refractivity (Wildman–Crippen MR) is 165 cm³/mol. The van der Waals surface area contributed by atoms with Crippen molar-refractivity contribution in [1.82, 2.24) is 24.5 Å². The molecule has 1 aliphatic carbocycles. The summed E-state index contributed by atoms with van der Waals surface area (Å²) in [5, 5.41) is 6.87. The summed E-state index contributed by atoms with van der Waals surface area (Å²) >= 11 is 7.56. The van der Waals surface area contributed by atoms with Crippen LogP contribution in [0.2, 0.25) is 5.02 Å². The molecular formula is C27H37ClN7O4PS. The zero-order chi connectivity index (χ0) is 29.1. The summed E-state index contributed by atoms with van der Waals surface area (Å²) in [4.78, 5) is 24.3. The molecule has 222 valence electrons. The van der Waals surface area contributed by atoms with E-state index in [1.807, 2.05) is 36.9 Å². The van der Waals surface area contributed by atoms with Gasteiger partial charge in [0, 0.05) is 23.2 Å². The fourth-order valence-corrected chi connectivity index (χ4v) is 6.69. The molecule has 0 amide bonds. The molecule has 1 aliphatic heterocycles. The highest BCUT2D eigenvalue weighted by molar-refractivity contribution is 7.96. The number of halogens is 1. The number of nitrogen functional groups attached to an aromatic ring is 1. The lowest BCUT2D eigenvalue weighted by Gasteiger charge is -2.28. The third kappa shape index (κ3) is 7.07. The molecule has 0 bridgehead atoms. The SMILES string of the molecule is CCC(C)(C=O)NP(OCC1CC(C)C(n2ccc3c(N(NSC)C4CC4)nc(N)nc32)O1)Oc1ccc(Cl)cc1. The number of anilines is 2. The summed E-state index contributed by atoms with van der Waals surface area (Å²) < 4.78 is 20.9. The molecular weight excluding hydrogens is 585 g/mol. The average Bonchev–Trinajstić information content (AvgIpc) is 3.62. The van der Waals surface area contributed by atoms with Crippen LogP contribution in [-0.4, -0.2) is 51.4 Å². The molecule has 3 aromatic rings. The minimum absolute atomic E-state index is 0.183. The molecule has 41 heavy (non-hydrogen) atoms. The number of benzene rings is 1. The van der Waals surface area contributed by atoms with E-state index in [-0.39, 0.29) is 24.2 Å². The lowest BCUT2D eigenvalue weighted by molar-refractivity contribution is -0.112. The Labute approximate surface area is 250 Å². The number of hydrazine groups is 1. The van der Waals surface area contributed by atoms with Crippen LogP contribution in [0.1, 0.15) is 52.7 Å². The second-order valence-electron chi connectivity index (χ2n) is 10.7. The molecule has 0 spiro atoms. The number of carbonyl (C=O) groups excluding carboxylic acids is 1. The first-order valence-corrected chi connectivity index (χ1v) is 16.5. The Balaban J connectivity index is 1.31. The summed E-state index contributed by atoms with van der Waals surface area (Å²) in [5.74, 6) is 1.78. The average molecular weight is 622 g/mol. The van der Waals surface area contributed by atoms with Crippen molar-refractivity contribution in [2.75, 3.05) is 23.6 Å². The van der Waals surface area contributed by atoms with Crippen LogP contribution in [0.4, 0.5) is 11.8 Å². The Morgan fingerprint density at radius 3 is 2.73 bits per heavy atom. The number of nitrogens with two attached hydrogens (primary N) is 1. The minimum Gasteiger partial charge on any atom is -0.436 e. The summed E-state index contributed by atoms with van der Waals surface area (Å²) in [6.07, 6.45) is 8.01. The molecule has 5 unspecified atom stereocenters. The normalized spacial score (nSPS) is 22.9. The number of rotatable bonds is 14. The van der Waals surface area contributed by atoms with Crippen molar-refractivity contribution in [2.24, 2.45) is 5.92 Å². The zero-order valence-corrected chi connectivity index (χ0v) is 26.1. The molecule has 5 atom stereocenters. The van der Waals surface area contributed by atoms with E-state index < -0.39 is 14.1 Å². The highest BCUT2D eigenvalue weighted by atomic mass is 35.5. The van der Waals surface area contributed by atoms with Crippen LogP contribution in [0.3, 0.4) is 0 Å². The fourth-order valence-electron chi connectivity index (χ4n) is 4.73. The molecule has 3 heterocycles. The van der Waals surface area contributed by atoms with Gasteiger partial charge in [0.15, 0.2) is 5.82 Å². The standard InChI is InChI=1S/C27H37ClN7O4PS/c1-5-27(3,16-36)32-40(39-20-10-6-18(28)7-11-20)37-15-21-14-17(2)25(38-21)34-13-12-22-23(34)30-26(29)31-24(22)35(33-41-4)19-8-9-19/h6-7,10-13,16-17,19,21,25,32-33H,5,8-9,14-15H2,1-4H3,(H2,29,30,31). The van der Waals surface area contributed by atoms with Gasteiger partial charge in [-0.3, -0.25) is 5.01 Å². The fraction of sp³-hybridized carbons (Fsp3) is 0.519. The van der Waals surface area contributed by atoms with Gasteiger partial charge in [0.1, 0.15) is 23.9 Å². The van der Waals surface area contributed by atoms with Gasteiger partial charge in [-0.05, 0) is 69.2 Å². The van der Waals surface area contributed by atoms with E-state index in [2.05, 4.69) is 31.8 Å². The number of nitrogens with one attached hydrogen (secondary N) is 2. The van der Waals surface area contributed by atoms with E-state index in [4.69, 9.17) is 31.1 Å². The molecule has 5 rings (SSSR count). The third-order valence-electron chi connectivity index (χ3n) is 7.35. The predicted octanol–water partition coefficient (Wildman–Crippen LogP) is 5.62. The molecule has 1 aromatic carbocycles. The number of hydrogen-bond donors (Lipinski definition) is 3. The molecule has 1 saturated heterocycles. The highest BCUT2D eigenvalue weighted by Crippen LogP contribution is 2.42. The van der Waals surface area contributed by atoms with E-state index >= 15 is 0 Å². The Morgan fingerprint density at radius 2 is 2.07 bits per heavy atom. The van der Waals surface area contributed by atoms with Crippen LogP contribution in [0, 0.1) is 5.92 Å². The Morgan fingerprint density at radius 1 is 1.32 bits per heavy atom. The quantitative estimate of drug-likeness (QED) is 0.0897. The maximum Gasteiger partial charge on any atom is 0.319 e. The smallest absolute Gasteiger partial charge is 0.319 e. The number of carbonyl (C=O) groups is 1. The van der Waals surface area contributed by atoms with Crippen LogP contribution in [-0.2, 0) is 14.1 Å². The number of nitrogens with zero attached hydrogens (tertiary/aromatic N) is 4. The molecule has 2 aliphatic rings. The van der Waals surface area contributed by atoms with Gasteiger partial charge in [0.25, 0.3) is 0 Å². The number of ether oxygens (including phenoxy) is 1. The Bertz CT molecular complexity index is 1350. The maximum atomic E-state index is 11.8. The number of hydrogen-bond acceptors (Lipinski definition) is 11. The molecule has 0 radical (unpaired) electrons. The van der Waals surface area contributed by atoms with Crippen molar-refractivity contribution in [3.8, 4) is 5.75 Å². The first-order valence-electron chi connectivity index (χ1n) is 13.7. The van der Waals surface area contributed by atoms with Gasteiger partial charge in [0.05, 0.1) is 23.6 Å². The van der Waals surface area contributed by atoms with Crippen molar-refractivity contribution in [2.45, 2.75) is 70.4 Å². The van der Waals surface area contributed by atoms with E-state index in [1.54, 1.807) is 24.3 Å². The van der Waals surface area contributed by atoms with E-state index in [0.717, 1.165) is 42.4 Å². The van der Waals surface area contributed by atoms with Crippen molar-refractivity contribution < 1.29 is 18.6 Å². The Hall–Kier alpha value is -2.18. The third-order valence-corrected chi connectivity index (χ3v) is 9.43. The summed E-state index contributed by atoms with van der Waals surface area (Å²) in [6.45, 7) is 6.21. The zero-order valence-electron chi connectivity index (χ0n) is 23.6. The highest BCUT2D eigenvalue weighted by Gasteiger charge is 2.37. The lowest BCUT2D eigenvalue weighted by Crippen LogP contribution is -2.41. The number of aromatic nitrogens is 3. The van der Waals surface area contributed by atoms with Crippen LogP contribution < -0.4 is 25.2 Å². The van der Waals surface area contributed by atoms with E-state index in [1.165, 1.54) is 11.9 Å². The van der Waals surface area contributed by atoms with Crippen LogP contribution in [0.5, 0.6) is 5.75 Å². The number of aldehydes is 1. The van der Waals surface area contributed by atoms with Crippen LogP contribution in [0.15, 0.2) is 36.5 Å². The van der Waals surface area contributed by atoms with Gasteiger partial charge >= 0.3 is 8.53 Å². The van der Waals surface area contributed by atoms with Gasteiger partial charge < -0.3 is 28.9 Å². The number of fused-ring (bicyclic) bond motifs is 1. The van der Waals surface area contributed by atoms with Crippen molar-refractivity contribution in [3.05, 3.63) is 41.6 Å². The molecule has 2 fully saturated rings. The molecule has 1 saturated carbocycles.